The predicted molar refractivity (Wildman–Crippen MR) is 90.6 cm³/mol. The summed E-state index contributed by atoms with van der Waals surface area (Å²) in [6, 6.07) is 13.4. The molecule has 0 unspecified atom stereocenters. The van der Waals surface area contributed by atoms with Crippen LogP contribution >= 0.6 is 0 Å². The van der Waals surface area contributed by atoms with Gasteiger partial charge in [-0.1, -0.05) is 18.2 Å². The maximum Gasteiger partial charge on any atom is 0.337 e. The van der Waals surface area contributed by atoms with Crippen LogP contribution < -0.4 is 10.1 Å². The van der Waals surface area contributed by atoms with Crippen molar-refractivity contribution in [2.45, 2.75) is 12.0 Å². The Balaban J connectivity index is 1.69. The first-order chi connectivity index (χ1) is 12.0. The molecule has 0 saturated carbocycles. The highest BCUT2D eigenvalue weighted by Crippen LogP contribution is 2.36. The third-order valence-electron chi connectivity index (χ3n) is 4.27. The molecular formula is C19H19NO5. The smallest absolute Gasteiger partial charge is 0.337 e. The molecule has 0 saturated heterocycles. The predicted octanol–water partition coefficient (Wildman–Crippen LogP) is 1.87. The van der Waals surface area contributed by atoms with Gasteiger partial charge in [0.15, 0.2) is 0 Å². The Morgan fingerprint density at radius 1 is 1.16 bits per heavy atom. The fraction of sp³-hybridized carbons (Fsp3) is 0.263. The fourth-order valence-electron chi connectivity index (χ4n) is 2.83. The largest absolute Gasteiger partial charge is 0.493 e. The molecule has 130 valence electrons. The molecule has 2 aromatic carbocycles. The number of hydrogen-bond acceptors (Lipinski definition) is 5. The van der Waals surface area contributed by atoms with Crippen LogP contribution in [0.1, 0.15) is 32.7 Å². The summed E-state index contributed by atoms with van der Waals surface area (Å²) in [6.45, 7) is 0.460. The Kier molecular flexibility index (Phi) is 4.72. The number of ether oxygens (including phenoxy) is 2. The molecule has 6 heteroatoms. The first-order valence-electron chi connectivity index (χ1n) is 7.95. The number of nitrogens with one attached hydrogen (secondary N) is 1. The van der Waals surface area contributed by atoms with Crippen LogP contribution in [-0.4, -0.2) is 37.2 Å². The van der Waals surface area contributed by atoms with Crippen molar-refractivity contribution in [1.82, 2.24) is 5.32 Å². The minimum Gasteiger partial charge on any atom is -0.493 e. The van der Waals surface area contributed by atoms with E-state index in [9.17, 15) is 14.7 Å². The van der Waals surface area contributed by atoms with Gasteiger partial charge in [-0.25, -0.2) is 4.79 Å². The molecule has 25 heavy (non-hydrogen) atoms. The molecule has 6 nitrogen and oxygen atoms in total. The second-order valence-corrected chi connectivity index (χ2v) is 5.88. The maximum absolute atomic E-state index is 12.3. The molecule has 2 aromatic rings. The van der Waals surface area contributed by atoms with Crippen molar-refractivity contribution < 1.29 is 24.2 Å². The van der Waals surface area contributed by atoms with Gasteiger partial charge in [0, 0.05) is 17.5 Å². The van der Waals surface area contributed by atoms with E-state index in [0.29, 0.717) is 35.5 Å². The summed E-state index contributed by atoms with van der Waals surface area (Å²) in [5, 5.41) is 13.7. The van der Waals surface area contributed by atoms with Gasteiger partial charge in [-0.15, -0.1) is 0 Å². The van der Waals surface area contributed by atoms with Gasteiger partial charge in [0.05, 0.1) is 25.8 Å². The minimum atomic E-state index is -1.17. The molecule has 1 atom stereocenters. The molecule has 1 heterocycles. The Hall–Kier alpha value is -2.86. The number of fused-ring (bicyclic) bond motifs is 1. The van der Waals surface area contributed by atoms with Gasteiger partial charge in [-0.05, 0) is 30.3 Å². The van der Waals surface area contributed by atoms with Gasteiger partial charge in [-0.3, -0.25) is 4.79 Å². The minimum absolute atomic E-state index is 0.0744. The Morgan fingerprint density at radius 3 is 2.56 bits per heavy atom. The Morgan fingerprint density at radius 2 is 1.84 bits per heavy atom. The average molecular weight is 341 g/mol. The molecule has 0 bridgehead atoms. The maximum atomic E-state index is 12.3. The zero-order chi connectivity index (χ0) is 17.9. The van der Waals surface area contributed by atoms with Gasteiger partial charge in [0.1, 0.15) is 11.4 Å². The topological polar surface area (TPSA) is 84.9 Å². The summed E-state index contributed by atoms with van der Waals surface area (Å²) in [5.41, 5.74) is 0.270. The van der Waals surface area contributed by atoms with E-state index in [-0.39, 0.29) is 12.5 Å². The molecule has 3 rings (SSSR count). The highest BCUT2D eigenvalue weighted by Gasteiger charge is 2.35. The first-order valence-corrected chi connectivity index (χ1v) is 7.95. The van der Waals surface area contributed by atoms with Gasteiger partial charge in [-0.2, -0.15) is 0 Å². The average Bonchev–Trinajstić information content (AvgIpc) is 2.66. The van der Waals surface area contributed by atoms with Crippen LogP contribution in [0.15, 0.2) is 48.5 Å². The Labute approximate surface area is 145 Å². The van der Waals surface area contributed by atoms with Crippen LogP contribution in [0.5, 0.6) is 5.75 Å². The van der Waals surface area contributed by atoms with Crippen molar-refractivity contribution >= 4 is 11.9 Å². The number of hydrogen-bond donors (Lipinski definition) is 2. The lowest BCUT2D eigenvalue weighted by atomic mass is 9.88. The van der Waals surface area contributed by atoms with Gasteiger partial charge < -0.3 is 19.9 Å². The molecule has 0 aliphatic carbocycles. The summed E-state index contributed by atoms with van der Waals surface area (Å²) in [6.07, 6.45) is 0.394. The highest BCUT2D eigenvalue weighted by atomic mass is 16.5. The van der Waals surface area contributed by atoms with E-state index in [1.807, 2.05) is 12.1 Å². The number of methoxy groups -OCH3 is 1. The lowest BCUT2D eigenvalue weighted by Gasteiger charge is -2.34. The molecule has 1 aliphatic rings. The summed E-state index contributed by atoms with van der Waals surface area (Å²) in [7, 11) is 1.30. The molecule has 2 N–H and O–H groups in total. The number of amides is 1. The molecule has 0 aromatic heterocycles. The number of carbonyl (C=O) groups is 2. The van der Waals surface area contributed by atoms with Crippen LogP contribution in [0, 0.1) is 0 Å². The molecule has 1 aliphatic heterocycles. The quantitative estimate of drug-likeness (QED) is 0.830. The standard InChI is InChI=1S/C19H19NO5/c1-24-18(22)14-8-6-13(7-9-14)17(21)20-12-19(23)10-11-25-16-5-3-2-4-15(16)19/h2-9,23H,10-12H2,1H3,(H,20,21)/t19-/m1/s1. The SMILES string of the molecule is COC(=O)c1ccc(C(=O)NC[C@]2(O)CCOc3ccccc32)cc1. The van der Waals surface area contributed by atoms with E-state index in [2.05, 4.69) is 10.1 Å². The number of rotatable bonds is 4. The van der Waals surface area contributed by atoms with E-state index < -0.39 is 11.6 Å². The van der Waals surface area contributed by atoms with Crippen LogP contribution in [0.25, 0.3) is 0 Å². The summed E-state index contributed by atoms with van der Waals surface area (Å²) >= 11 is 0. The number of benzene rings is 2. The lowest BCUT2D eigenvalue weighted by molar-refractivity contribution is -0.00160. The van der Waals surface area contributed by atoms with Crippen LogP contribution in [-0.2, 0) is 10.3 Å². The van der Waals surface area contributed by atoms with Crippen molar-refractivity contribution in [2.24, 2.45) is 0 Å². The lowest BCUT2D eigenvalue weighted by Crippen LogP contribution is -2.43. The molecule has 0 fully saturated rings. The van der Waals surface area contributed by atoms with E-state index >= 15 is 0 Å². The number of para-hydroxylation sites is 1. The van der Waals surface area contributed by atoms with E-state index in [0.717, 1.165) is 0 Å². The summed E-state index contributed by atoms with van der Waals surface area (Å²) < 4.78 is 10.2. The van der Waals surface area contributed by atoms with Crippen LogP contribution in [0.3, 0.4) is 0 Å². The van der Waals surface area contributed by atoms with Gasteiger partial charge in [0.25, 0.3) is 5.91 Å². The monoisotopic (exact) mass is 341 g/mol. The molecule has 1 amide bonds. The van der Waals surface area contributed by atoms with Crippen molar-refractivity contribution in [1.29, 1.82) is 0 Å². The molecule has 0 radical (unpaired) electrons. The Bertz CT molecular complexity index is 787. The van der Waals surface area contributed by atoms with Crippen molar-refractivity contribution in [2.75, 3.05) is 20.3 Å². The van der Waals surface area contributed by atoms with Crippen LogP contribution in [0.2, 0.25) is 0 Å². The highest BCUT2D eigenvalue weighted by molar-refractivity contribution is 5.96. The fourth-order valence-corrected chi connectivity index (χ4v) is 2.83. The third kappa shape index (κ3) is 3.49. The zero-order valence-electron chi connectivity index (χ0n) is 13.8. The summed E-state index contributed by atoms with van der Waals surface area (Å²) in [5.74, 6) is -0.151. The van der Waals surface area contributed by atoms with E-state index in [4.69, 9.17) is 4.74 Å². The van der Waals surface area contributed by atoms with Crippen LogP contribution in [0.4, 0.5) is 0 Å². The van der Waals surface area contributed by atoms with E-state index in [1.165, 1.54) is 19.2 Å². The summed E-state index contributed by atoms with van der Waals surface area (Å²) in [4.78, 5) is 23.7. The number of esters is 1. The van der Waals surface area contributed by atoms with E-state index in [1.54, 1.807) is 24.3 Å². The zero-order valence-corrected chi connectivity index (χ0v) is 13.8. The first kappa shape index (κ1) is 17.0. The molecular weight excluding hydrogens is 322 g/mol. The van der Waals surface area contributed by atoms with Crippen molar-refractivity contribution in [3.05, 3.63) is 65.2 Å². The molecule has 0 spiro atoms. The van der Waals surface area contributed by atoms with Gasteiger partial charge in [0.2, 0.25) is 0 Å². The second-order valence-electron chi connectivity index (χ2n) is 5.88. The number of carbonyl (C=O) groups excluding carboxylic acids is 2. The third-order valence-corrected chi connectivity index (χ3v) is 4.27. The second kappa shape index (κ2) is 6.94. The van der Waals surface area contributed by atoms with Crippen molar-refractivity contribution in [3.63, 3.8) is 0 Å². The normalized spacial score (nSPS) is 18.6. The number of aliphatic hydroxyl groups is 1. The van der Waals surface area contributed by atoms with Gasteiger partial charge >= 0.3 is 5.97 Å². The van der Waals surface area contributed by atoms with Crippen molar-refractivity contribution in [3.8, 4) is 5.75 Å².